The Balaban J connectivity index is 1.89. The van der Waals surface area contributed by atoms with Gasteiger partial charge in [-0.15, -0.1) is 0 Å². The predicted molar refractivity (Wildman–Crippen MR) is 81.0 cm³/mol. The summed E-state index contributed by atoms with van der Waals surface area (Å²) in [5.74, 6) is 0. The van der Waals surface area contributed by atoms with E-state index in [4.69, 9.17) is 10.00 Å². The number of amides is 1. The van der Waals surface area contributed by atoms with Gasteiger partial charge < -0.3 is 15.0 Å². The number of ether oxygens (including phenoxy) is 1. The molecule has 0 saturated carbocycles. The molecule has 5 heteroatoms. The van der Waals surface area contributed by atoms with E-state index in [2.05, 4.69) is 16.4 Å². The van der Waals surface area contributed by atoms with E-state index >= 15 is 0 Å². The number of fused-ring (bicyclic) bond motifs is 1. The molecule has 1 heterocycles. The van der Waals surface area contributed by atoms with E-state index < -0.39 is 0 Å². The topological polar surface area (TPSA) is 77.9 Å². The monoisotopic (exact) mass is 285 g/mol. The highest BCUT2D eigenvalue weighted by Crippen LogP contribution is 2.19. The van der Waals surface area contributed by atoms with Crippen LogP contribution in [0.2, 0.25) is 0 Å². The molecule has 0 bridgehead atoms. The number of H-pyrrole nitrogens is 1. The van der Waals surface area contributed by atoms with Crippen LogP contribution in [0.25, 0.3) is 10.9 Å². The first-order chi connectivity index (χ1) is 10.2. The van der Waals surface area contributed by atoms with Gasteiger partial charge in [0, 0.05) is 23.6 Å². The first-order valence-electron chi connectivity index (χ1n) is 7.15. The summed E-state index contributed by atoms with van der Waals surface area (Å²) < 4.78 is 5.02. The minimum atomic E-state index is -0.374. The Bertz CT molecular complexity index is 655. The fourth-order valence-corrected chi connectivity index (χ4v) is 2.11. The number of unbranched alkanes of at least 4 members (excludes halogenated alkanes) is 1. The fourth-order valence-electron chi connectivity index (χ4n) is 2.11. The highest BCUT2D eigenvalue weighted by molar-refractivity contribution is 5.84. The molecule has 5 nitrogen and oxygen atoms in total. The number of rotatable bonds is 6. The Morgan fingerprint density at radius 2 is 2.33 bits per heavy atom. The number of nitrogens with zero attached hydrogens (tertiary/aromatic N) is 1. The lowest BCUT2D eigenvalue weighted by atomic mass is 10.1. The zero-order chi connectivity index (χ0) is 15.1. The average Bonchev–Trinajstić information content (AvgIpc) is 2.90. The molecule has 0 saturated heterocycles. The summed E-state index contributed by atoms with van der Waals surface area (Å²) in [6, 6.07) is 7.67. The molecule has 0 aliphatic heterocycles. The van der Waals surface area contributed by atoms with Crippen molar-refractivity contribution < 1.29 is 9.53 Å². The van der Waals surface area contributed by atoms with Gasteiger partial charge in [0.05, 0.1) is 18.2 Å². The van der Waals surface area contributed by atoms with Gasteiger partial charge in [0.15, 0.2) is 0 Å². The molecular weight excluding hydrogens is 266 g/mol. The van der Waals surface area contributed by atoms with Gasteiger partial charge in [-0.2, -0.15) is 5.26 Å². The fraction of sp³-hybridized carbons (Fsp3) is 0.375. The number of hydrogen-bond donors (Lipinski definition) is 2. The summed E-state index contributed by atoms with van der Waals surface area (Å²) in [4.78, 5) is 14.6. The van der Waals surface area contributed by atoms with Gasteiger partial charge in [-0.3, -0.25) is 0 Å². The Labute approximate surface area is 123 Å². The molecule has 1 amide bonds. The van der Waals surface area contributed by atoms with Crippen molar-refractivity contribution in [3.05, 3.63) is 35.5 Å². The molecule has 0 spiro atoms. The molecule has 21 heavy (non-hydrogen) atoms. The smallest absolute Gasteiger partial charge is 0.407 e. The molecule has 1 aromatic carbocycles. The van der Waals surface area contributed by atoms with E-state index in [1.165, 1.54) is 0 Å². The van der Waals surface area contributed by atoms with E-state index in [1.54, 1.807) is 6.07 Å². The molecule has 1 aromatic heterocycles. The van der Waals surface area contributed by atoms with E-state index in [1.807, 2.05) is 25.3 Å². The van der Waals surface area contributed by atoms with Crippen LogP contribution in [-0.4, -0.2) is 24.2 Å². The van der Waals surface area contributed by atoms with Crippen molar-refractivity contribution in [3.8, 4) is 6.07 Å². The van der Waals surface area contributed by atoms with Crippen molar-refractivity contribution >= 4 is 17.0 Å². The molecular formula is C16H19N3O2. The van der Waals surface area contributed by atoms with Crippen molar-refractivity contribution in [1.82, 2.24) is 10.3 Å². The molecule has 0 radical (unpaired) electrons. The zero-order valence-corrected chi connectivity index (χ0v) is 12.1. The lowest BCUT2D eigenvalue weighted by Gasteiger charge is -2.06. The van der Waals surface area contributed by atoms with Crippen LogP contribution in [-0.2, 0) is 11.2 Å². The van der Waals surface area contributed by atoms with E-state index in [-0.39, 0.29) is 6.09 Å². The van der Waals surface area contributed by atoms with Crippen LogP contribution in [0.3, 0.4) is 0 Å². The van der Waals surface area contributed by atoms with Crippen molar-refractivity contribution in [2.45, 2.75) is 26.2 Å². The standard InChI is InChI=1S/C16H19N3O2/c1-2-3-8-21-16(20)18-7-6-13-11-19-15-5-4-12(10-17)9-14(13)15/h4-5,9,11,19H,2-3,6-8H2,1H3,(H,18,20). The molecule has 0 aliphatic carbocycles. The van der Waals surface area contributed by atoms with Gasteiger partial charge in [0.2, 0.25) is 0 Å². The molecule has 2 N–H and O–H groups in total. The number of aromatic nitrogens is 1. The average molecular weight is 285 g/mol. The Morgan fingerprint density at radius 1 is 1.48 bits per heavy atom. The molecule has 0 atom stereocenters. The summed E-state index contributed by atoms with van der Waals surface area (Å²) in [6.07, 6.45) is 4.12. The van der Waals surface area contributed by atoms with E-state index in [9.17, 15) is 4.79 Å². The SMILES string of the molecule is CCCCOC(=O)NCCc1c[nH]c2ccc(C#N)cc12. The van der Waals surface area contributed by atoms with Crippen LogP contribution in [0, 0.1) is 11.3 Å². The maximum absolute atomic E-state index is 11.4. The number of hydrogen-bond acceptors (Lipinski definition) is 3. The third kappa shape index (κ3) is 3.99. The Hall–Kier alpha value is -2.48. The first-order valence-corrected chi connectivity index (χ1v) is 7.15. The summed E-state index contributed by atoms with van der Waals surface area (Å²) >= 11 is 0. The second-order valence-electron chi connectivity index (χ2n) is 4.85. The Kier molecular flexibility index (Phi) is 5.22. The number of alkyl carbamates (subject to hydrolysis) is 1. The van der Waals surface area contributed by atoms with Crippen LogP contribution in [0.5, 0.6) is 0 Å². The lowest BCUT2D eigenvalue weighted by Crippen LogP contribution is -2.26. The maximum Gasteiger partial charge on any atom is 0.407 e. The normalized spacial score (nSPS) is 10.3. The number of benzene rings is 1. The lowest BCUT2D eigenvalue weighted by molar-refractivity contribution is 0.144. The molecule has 0 fully saturated rings. The van der Waals surface area contributed by atoms with Crippen LogP contribution in [0.1, 0.15) is 30.9 Å². The van der Waals surface area contributed by atoms with Crippen molar-refractivity contribution in [2.24, 2.45) is 0 Å². The quantitative estimate of drug-likeness (QED) is 0.800. The minimum Gasteiger partial charge on any atom is -0.450 e. The molecule has 0 aliphatic rings. The second-order valence-corrected chi connectivity index (χ2v) is 4.85. The second kappa shape index (κ2) is 7.34. The highest BCUT2D eigenvalue weighted by Gasteiger charge is 2.06. The predicted octanol–water partition coefficient (Wildman–Crippen LogP) is 3.11. The largest absolute Gasteiger partial charge is 0.450 e. The third-order valence-corrected chi connectivity index (χ3v) is 3.29. The van der Waals surface area contributed by atoms with Crippen LogP contribution in [0.4, 0.5) is 4.79 Å². The molecule has 2 aromatic rings. The van der Waals surface area contributed by atoms with Crippen molar-refractivity contribution in [1.29, 1.82) is 5.26 Å². The first kappa shape index (κ1) is 14.9. The van der Waals surface area contributed by atoms with Gasteiger partial charge in [0.1, 0.15) is 0 Å². The summed E-state index contributed by atoms with van der Waals surface area (Å²) in [6.45, 7) is 3.02. The summed E-state index contributed by atoms with van der Waals surface area (Å²) in [7, 11) is 0. The molecule has 0 unspecified atom stereocenters. The van der Waals surface area contributed by atoms with Crippen LogP contribution < -0.4 is 5.32 Å². The molecule has 2 rings (SSSR count). The van der Waals surface area contributed by atoms with Gasteiger partial charge in [0.25, 0.3) is 0 Å². The Morgan fingerprint density at radius 3 is 3.10 bits per heavy atom. The number of aromatic amines is 1. The highest BCUT2D eigenvalue weighted by atomic mass is 16.5. The number of nitrogens with one attached hydrogen (secondary N) is 2. The maximum atomic E-state index is 11.4. The van der Waals surface area contributed by atoms with Crippen LogP contribution in [0.15, 0.2) is 24.4 Å². The number of nitriles is 1. The van der Waals surface area contributed by atoms with Gasteiger partial charge in [-0.05, 0) is 36.6 Å². The van der Waals surface area contributed by atoms with E-state index in [0.717, 1.165) is 29.3 Å². The minimum absolute atomic E-state index is 0.374. The zero-order valence-electron chi connectivity index (χ0n) is 12.1. The van der Waals surface area contributed by atoms with Crippen LogP contribution >= 0.6 is 0 Å². The summed E-state index contributed by atoms with van der Waals surface area (Å²) in [5.41, 5.74) is 2.71. The van der Waals surface area contributed by atoms with Gasteiger partial charge >= 0.3 is 6.09 Å². The third-order valence-electron chi connectivity index (χ3n) is 3.29. The molecule has 110 valence electrons. The van der Waals surface area contributed by atoms with Crippen molar-refractivity contribution in [3.63, 3.8) is 0 Å². The van der Waals surface area contributed by atoms with Crippen molar-refractivity contribution in [2.75, 3.05) is 13.2 Å². The van der Waals surface area contributed by atoms with E-state index in [0.29, 0.717) is 25.1 Å². The number of carbonyl (C=O) groups excluding carboxylic acids is 1. The van der Waals surface area contributed by atoms with Gasteiger partial charge in [-0.1, -0.05) is 13.3 Å². The van der Waals surface area contributed by atoms with Gasteiger partial charge in [-0.25, -0.2) is 4.79 Å². The summed E-state index contributed by atoms with van der Waals surface area (Å²) in [5, 5.41) is 12.7. The number of carbonyl (C=O) groups is 1.